The average Bonchev–Trinajstić information content (AvgIpc) is 3.42. The number of hydrogen-bond donors (Lipinski definition) is 2. The molecule has 1 aromatic heterocycles. The average molecular weight is 567 g/mol. The van der Waals surface area contributed by atoms with Crippen molar-refractivity contribution in [1.82, 2.24) is 14.1 Å². The van der Waals surface area contributed by atoms with Gasteiger partial charge in [0.05, 0.1) is 24.8 Å². The number of sulfonamides is 1. The molecule has 1 aromatic carbocycles. The van der Waals surface area contributed by atoms with Crippen LogP contribution in [-0.4, -0.2) is 99.0 Å². The van der Waals surface area contributed by atoms with Crippen LogP contribution in [-0.2, 0) is 14.8 Å². The number of carbonyl (C=O) groups excluding carboxylic acids is 2. The normalized spacial score (nSPS) is 19.1. The molecule has 0 aliphatic carbocycles. The summed E-state index contributed by atoms with van der Waals surface area (Å²) in [5.74, 6) is -0.416. The Kier molecular flexibility index (Phi) is 10.3. The number of aliphatic hydroxyl groups is 1. The molecule has 210 valence electrons. The molecule has 0 radical (unpaired) electrons. The van der Waals surface area contributed by atoms with E-state index in [1.165, 1.54) is 11.4 Å². The highest BCUT2D eigenvalue weighted by Gasteiger charge is 2.35. The van der Waals surface area contributed by atoms with Crippen LogP contribution in [0.3, 0.4) is 0 Å². The van der Waals surface area contributed by atoms with Crippen molar-refractivity contribution >= 4 is 38.9 Å². The predicted molar refractivity (Wildman–Crippen MR) is 148 cm³/mol. The van der Waals surface area contributed by atoms with Gasteiger partial charge in [0.25, 0.3) is 15.9 Å². The van der Waals surface area contributed by atoms with E-state index in [-0.39, 0.29) is 47.2 Å². The minimum absolute atomic E-state index is 0.0702. The lowest BCUT2D eigenvalue weighted by Gasteiger charge is -2.38. The van der Waals surface area contributed by atoms with Crippen molar-refractivity contribution in [2.45, 2.75) is 43.0 Å². The fourth-order valence-corrected chi connectivity index (χ4v) is 6.60. The van der Waals surface area contributed by atoms with Gasteiger partial charge in [-0.3, -0.25) is 9.59 Å². The monoisotopic (exact) mass is 566 g/mol. The number of nitrogens with zero attached hydrogens (tertiary/aromatic N) is 3. The van der Waals surface area contributed by atoms with Gasteiger partial charge in [-0.2, -0.15) is 4.31 Å². The summed E-state index contributed by atoms with van der Waals surface area (Å²) in [5, 5.41) is 14.4. The highest BCUT2D eigenvalue weighted by Crippen LogP contribution is 2.31. The maximum Gasteiger partial charge on any atom is 0.258 e. The van der Waals surface area contributed by atoms with Gasteiger partial charge in [0.15, 0.2) is 0 Å². The molecule has 3 atom stereocenters. The van der Waals surface area contributed by atoms with E-state index in [1.807, 2.05) is 25.9 Å². The van der Waals surface area contributed by atoms with Crippen molar-refractivity contribution in [2.75, 3.05) is 52.7 Å². The minimum atomic E-state index is -3.69. The Morgan fingerprint density at radius 3 is 2.66 bits per heavy atom. The summed E-state index contributed by atoms with van der Waals surface area (Å²) in [7, 11) is 1.71. The molecule has 2 N–H and O–H groups in total. The van der Waals surface area contributed by atoms with Crippen molar-refractivity contribution in [1.29, 1.82) is 0 Å². The largest absolute Gasteiger partial charge is 0.488 e. The summed E-state index contributed by atoms with van der Waals surface area (Å²) >= 11 is 1.15. The van der Waals surface area contributed by atoms with E-state index >= 15 is 0 Å². The molecular formula is C26H38N4O6S2. The van der Waals surface area contributed by atoms with Crippen LogP contribution in [0.1, 0.15) is 37.0 Å². The lowest BCUT2D eigenvalue weighted by atomic mass is 9.99. The smallest absolute Gasteiger partial charge is 0.258 e. The van der Waals surface area contributed by atoms with Crippen LogP contribution in [0.4, 0.5) is 5.69 Å². The van der Waals surface area contributed by atoms with Gasteiger partial charge >= 0.3 is 0 Å². The quantitative estimate of drug-likeness (QED) is 0.429. The van der Waals surface area contributed by atoms with E-state index in [1.54, 1.807) is 47.5 Å². The molecule has 0 unspecified atom stereocenters. The molecule has 1 aliphatic rings. The summed E-state index contributed by atoms with van der Waals surface area (Å²) in [6.45, 7) is 4.54. The zero-order chi connectivity index (χ0) is 28.0. The minimum Gasteiger partial charge on any atom is -0.488 e. The number of thiophene rings is 1. The third kappa shape index (κ3) is 7.32. The van der Waals surface area contributed by atoms with Gasteiger partial charge < -0.3 is 25.0 Å². The van der Waals surface area contributed by atoms with Gasteiger partial charge in [0, 0.05) is 31.6 Å². The molecule has 3 rings (SSSR count). The number of amides is 2. The number of benzene rings is 1. The molecule has 0 saturated heterocycles. The molecule has 1 aliphatic heterocycles. The van der Waals surface area contributed by atoms with Crippen LogP contribution in [0.5, 0.6) is 5.75 Å². The second-order valence-electron chi connectivity index (χ2n) is 10.0. The second kappa shape index (κ2) is 13.0. The Hall–Kier alpha value is -2.51. The Morgan fingerprint density at radius 1 is 1.29 bits per heavy atom. The number of hydrogen-bond acceptors (Lipinski definition) is 8. The maximum atomic E-state index is 13.6. The van der Waals surface area contributed by atoms with Gasteiger partial charge in [-0.05, 0) is 63.6 Å². The second-order valence-corrected chi connectivity index (χ2v) is 13.2. The highest BCUT2D eigenvalue weighted by atomic mass is 32.2. The fraction of sp³-hybridized carbons (Fsp3) is 0.538. The van der Waals surface area contributed by atoms with Crippen molar-refractivity contribution < 1.29 is 27.9 Å². The molecule has 0 bridgehead atoms. The first-order chi connectivity index (χ1) is 17.9. The zero-order valence-electron chi connectivity index (χ0n) is 22.6. The van der Waals surface area contributed by atoms with E-state index in [9.17, 15) is 23.1 Å². The summed E-state index contributed by atoms with van der Waals surface area (Å²) < 4.78 is 33.9. The van der Waals surface area contributed by atoms with Crippen LogP contribution in [0, 0.1) is 5.92 Å². The number of nitrogens with one attached hydrogen (secondary N) is 1. The maximum absolute atomic E-state index is 13.6. The van der Waals surface area contributed by atoms with E-state index < -0.39 is 22.2 Å². The summed E-state index contributed by atoms with van der Waals surface area (Å²) in [6.07, 6.45) is 0.481. The molecular weight excluding hydrogens is 528 g/mol. The van der Waals surface area contributed by atoms with Gasteiger partial charge in [-0.15, -0.1) is 11.3 Å². The van der Waals surface area contributed by atoms with Gasteiger partial charge in [-0.25, -0.2) is 8.42 Å². The number of ether oxygens (including phenoxy) is 1. The number of aliphatic hydroxyl groups excluding tert-OH is 1. The molecule has 2 amide bonds. The lowest BCUT2D eigenvalue weighted by Crippen LogP contribution is -2.50. The number of fused-ring (bicyclic) bond motifs is 1. The standard InChI is InChI=1S/C26H38N4O6S2/c1-18-15-30(19(2)17-31)26(33)21-14-20(27-24(32)8-6-12-28(3)4)10-11-22(21)36-23(18)16-29(5)38(34,35)25-9-7-13-37-25/h7,9-11,13-14,18-19,23,31H,6,8,12,15-17H2,1-5H3,(H,27,32)/t18-,19+,23+/m1/s1. The molecule has 10 nitrogen and oxygen atoms in total. The number of rotatable bonds is 11. The zero-order valence-corrected chi connectivity index (χ0v) is 24.2. The Balaban J connectivity index is 1.88. The summed E-state index contributed by atoms with van der Waals surface area (Å²) in [5.41, 5.74) is 0.715. The van der Waals surface area contributed by atoms with Gasteiger partial charge in [0.2, 0.25) is 5.91 Å². The first-order valence-corrected chi connectivity index (χ1v) is 14.9. The van der Waals surface area contributed by atoms with Crippen LogP contribution in [0.15, 0.2) is 39.9 Å². The topological polar surface area (TPSA) is 119 Å². The van der Waals surface area contributed by atoms with E-state index in [2.05, 4.69) is 5.32 Å². The molecule has 2 aromatic rings. The molecule has 38 heavy (non-hydrogen) atoms. The number of anilines is 1. The van der Waals surface area contributed by atoms with E-state index in [0.29, 0.717) is 24.3 Å². The van der Waals surface area contributed by atoms with E-state index in [0.717, 1.165) is 17.9 Å². The Morgan fingerprint density at radius 2 is 2.03 bits per heavy atom. The van der Waals surface area contributed by atoms with Crippen LogP contribution in [0.25, 0.3) is 0 Å². The summed E-state index contributed by atoms with van der Waals surface area (Å²) in [4.78, 5) is 29.6. The molecule has 2 heterocycles. The first kappa shape index (κ1) is 30.0. The van der Waals surface area contributed by atoms with Crippen molar-refractivity contribution in [3.05, 3.63) is 41.3 Å². The number of carbonyl (C=O) groups is 2. The Bertz CT molecular complexity index is 1200. The van der Waals surface area contributed by atoms with E-state index in [4.69, 9.17) is 4.74 Å². The van der Waals surface area contributed by atoms with Crippen LogP contribution < -0.4 is 10.1 Å². The predicted octanol–water partition coefficient (Wildman–Crippen LogP) is 2.57. The number of likely N-dealkylation sites (N-methyl/N-ethyl adjacent to an activating group) is 1. The van der Waals surface area contributed by atoms with Crippen LogP contribution >= 0.6 is 11.3 Å². The highest BCUT2D eigenvalue weighted by molar-refractivity contribution is 7.91. The van der Waals surface area contributed by atoms with Crippen molar-refractivity contribution in [3.8, 4) is 5.75 Å². The van der Waals surface area contributed by atoms with Crippen molar-refractivity contribution in [3.63, 3.8) is 0 Å². The fourth-order valence-electron chi connectivity index (χ4n) is 4.21. The van der Waals surface area contributed by atoms with Crippen LogP contribution in [0.2, 0.25) is 0 Å². The molecule has 0 fully saturated rings. The third-order valence-corrected chi connectivity index (χ3v) is 9.75. The first-order valence-electron chi connectivity index (χ1n) is 12.6. The molecule has 12 heteroatoms. The van der Waals surface area contributed by atoms with Gasteiger partial charge in [0.1, 0.15) is 16.1 Å². The molecule has 0 spiro atoms. The SMILES string of the molecule is C[C@@H]1CN([C@@H](C)CO)C(=O)c2cc(NC(=O)CCCN(C)C)ccc2O[C@H]1CN(C)S(=O)(=O)c1cccs1. The summed E-state index contributed by atoms with van der Waals surface area (Å²) in [6, 6.07) is 7.67. The molecule has 0 saturated carbocycles. The lowest BCUT2D eigenvalue weighted by molar-refractivity contribution is -0.116. The van der Waals surface area contributed by atoms with Crippen molar-refractivity contribution in [2.24, 2.45) is 5.92 Å². The Labute approximate surface area is 229 Å². The van der Waals surface area contributed by atoms with Gasteiger partial charge in [-0.1, -0.05) is 13.0 Å². The third-order valence-electron chi connectivity index (χ3n) is 6.55.